The van der Waals surface area contributed by atoms with E-state index in [0.717, 1.165) is 38.9 Å². The van der Waals surface area contributed by atoms with E-state index in [2.05, 4.69) is 17.1 Å². The molecule has 0 aliphatic carbocycles. The van der Waals surface area contributed by atoms with E-state index < -0.39 is 0 Å². The quantitative estimate of drug-likeness (QED) is 0.738. The van der Waals surface area contributed by atoms with Crippen LogP contribution in [0, 0.1) is 0 Å². The van der Waals surface area contributed by atoms with Crippen molar-refractivity contribution in [3.63, 3.8) is 0 Å². The first-order chi connectivity index (χ1) is 9.65. The van der Waals surface area contributed by atoms with E-state index in [1.54, 1.807) is 0 Å². The molecule has 1 N–H and O–H groups in total. The van der Waals surface area contributed by atoms with Crippen molar-refractivity contribution >= 4 is 11.8 Å². The Kier molecular flexibility index (Phi) is 5.54. The number of nitrogens with zero attached hydrogens (tertiary/aromatic N) is 2. The Morgan fingerprint density at radius 2 is 1.75 bits per heavy atom. The van der Waals surface area contributed by atoms with Crippen molar-refractivity contribution in [1.82, 2.24) is 15.1 Å². The molecule has 2 heterocycles. The number of hydrogen-bond donors (Lipinski definition) is 1. The second-order valence-electron chi connectivity index (χ2n) is 5.92. The van der Waals surface area contributed by atoms with Crippen LogP contribution in [0.3, 0.4) is 0 Å². The van der Waals surface area contributed by atoms with Gasteiger partial charge >= 0.3 is 0 Å². The first-order valence-corrected chi connectivity index (χ1v) is 7.98. The van der Waals surface area contributed by atoms with Crippen molar-refractivity contribution in [3.8, 4) is 0 Å². The molecule has 0 bridgehead atoms. The third kappa shape index (κ3) is 3.58. The fourth-order valence-corrected chi connectivity index (χ4v) is 3.20. The van der Waals surface area contributed by atoms with Gasteiger partial charge in [-0.25, -0.2) is 0 Å². The minimum absolute atomic E-state index is 0.0160. The predicted molar refractivity (Wildman–Crippen MR) is 78.3 cm³/mol. The van der Waals surface area contributed by atoms with E-state index >= 15 is 0 Å². The maximum absolute atomic E-state index is 12.2. The highest BCUT2D eigenvalue weighted by Gasteiger charge is 2.39. The average Bonchev–Trinajstić information content (AvgIpc) is 2.69. The molecule has 0 saturated carbocycles. The first-order valence-electron chi connectivity index (χ1n) is 7.98. The van der Waals surface area contributed by atoms with Gasteiger partial charge in [-0.15, -0.1) is 0 Å². The molecule has 0 aromatic heterocycles. The summed E-state index contributed by atoms with van der Waals surface area (Å²) in [6, 6.07) is 0.100. The average molecular weight is 281 g/mol. The van der Waals surface area contributed by atoms with Gasteiger partial charge in [-0.05, 0) is 45.3 Å². The summed E-state index contributed by atoms with van der Waals surface area (Å²) in [7, 11) is 0. The molecule has 20 heavy (non-hydrogen) atoms. The van der Waals surface area contributed by atoms with Crippen molar-refractivity contribution in [1.29, 1.82) is 0 Å². The fraction of sp³-hybridized carbons (Fsp3) is 0.867. The van der Waals surface area contributed by atoms with Crippen molar-refractivity contribution in [3.05, 3.63) is 0 Å². The third-order valence-corrected chi connectivity index (χ3v) is 4.26. The van der Waals surface area contributed by atoms with E-state index in [0.29, 0.717) is 19.0 Å². The van der Waals surface area contributed by atoms with Crippen LogP contribution in [0.1, 0.15) is 46.0 Å². The van der Waals surface area contributed by atoms with Gasteiger partial charge in [0.1, 0.15) is 0 Å². The minimum atomic E-state index is -0.281. The van der Waals surface area contributed by atoms with Crippen LogP contribution < -0.4 is 5.32 Å². The lowest BCUT2D eigenvalue weighted by atomic mass is 10.0. The summed E-state index contributed by atoms with van der Waals surface area (Å²) < 4.78 is 0. The summed E-state index contributed by atoms with van der Waals surface area (Å²) in [5, 5.41) is 3.41. The number of imide groups is 1. The lowest BCUT2D eigenvalue weighted by molar-refractivity contribution is -0.138. The van der Waals surface area contributed by atoms with Crippen LogP contribution in [0.25, 0.3) is 0 Å². The number of piperidine rings is 1. The van der Waals surface area contributed by atoms with Crippen LogP contribution in [-0.4, -0.2) is 59.9 Å². The van der Waals surface area contributed by atoms with Gasteiger partial charge in [0.25, 0.3) is 0 Å². The zero-order valence-electron chi connectivity index (χ0n) is 12.7. The van der Waals surface area contributed by atoms with Gasteiger partial charge in [-0.2, -0.15) is 0 Å². The molecule has 2 fully saturated rings. The topological polar surface area (TPSA) is 52.7 Å². The summed E-state index contributed by atoms with van der Waals surface area (Å²) in [4.78, 5) is 27.9. The van der Waals surface area contributed by atoms with E-state index in [9.17, 15) is 9.59 Å². The van der Waals surface area contributed by atoms with Crippen molar-refractivity contribution in [2.45, 2.75) is 58.0 Å². The molecule has 2 rings (SSSR count). The van der Waals surface area contributed by atoms with Crippen LogP contribution >= 0.6 is 0 Å². The Bertz CT molecular complexity index is 351. The minimum Gasteiger partial charge on any atom is -0.303 e. The van der Waals surface area contributed by atoms with Crippen LogP contribution in [0.5, 0.6) is 0 Å². The van der Waals surface area contributed by atoms with Gasteiger partial charge < -0.3 is 10.2 Å². The lowest BCUT2D eigenvalue weighted by Crippen LogP contribution is -2.48. The van der Waals surface area contributed by atoms with Crippen molar-refractivity contribution in [2.24, 2.45) is 0 Å². The number of carbonyl (C=O) groups excluding carboxylic acids is 2. The van der Waals surface area contributed by atoms with Gasteiger partial charge in [-0.3, -0.25) is 14.5 Å². The molecule has 0 aromatic carbocycles. The maximum Gasteiger partial charge on any atom is 0.246 e. The van der Waals surface area contributed by atoms with E-state index in [4.69, 9.17) is 0 Å². The second-order valence-corrected chi connectivity index (χ2v) is 5.92. The van der Waals surface area contributed by atoms with Crippen LogP contribution in [0.4, 0.5) is 0 Å². The Morgan fingerprint density at radius 1 is 1.10 bits per heavy atom. The standard InChI is InChI=1S/C15H27N3O2/c1-3-7-17-9-5-12(6-10-17)16-13-11-14(19)18(8-4-2)15(13)20/h12-13,16H,3-11H2,1-2H3. The number of carbonyl (C=O) groups is 2. The molecule has 2 aliphatic rings. The Hall–Kier alpha value is -0.940. The summed E-state index contributed by atoms with van der Waals surface area (Å²) in [5.41, 5.74) is 0. The molecule has 2 saturated heterocycles. The molecule has 0 aromatic rings. The van der Waals surface area contributed by atoms with E-state index in [1.165, 1.54) is 11.3 Å². The van der Waals surface area contributed by atoms with Crippen molar-refractivity contribution in [2.75, 3.05) is 26.2 Å². The molecule has 114 valence electrons. The van der Waals surface area contributed by atoms with Gasteiger partial charge in [-0.1, -0.05) is 13.8 Å². The Morgan fingerprint density at radius 3 is 2.35 bits per heavy atom. The summed E-state index contributed by atoms with van der Waals surface area (Å²) >= 11 is 0. The van der Waals surface area contributed by atoms with Gasteiger partial charge in [0.05, 0.1) is 12.5 Å². The molecule has 2 aliphatic heterocycles. The highest BCUT2D eigenvalue weighted by atomic mass is 16.2. The van der Waals surface area contributed by atoms with Gasteiger partial charge in [0.15, 0.2) is 0 Å². The Labute approximate surface area is 121 Å². The third-order valence-electron chi connectivity index (χ3n) is 4.26. The van der Waals surface area contributed by atoms with E-state index in [1.807, 2.05) is 6.92 Å². The normalized spacial score (nSPS) is 25.7. The molecule has 1 unspecified atom stereocenters. The number of rotatable bonds is 6. The maximum atomic E-state index is 12.2. The zero-order valence-corrected chi connectivity index (χ0v) is 12.7. The molecule has 5 heteroatoms. The van der Waals surface area contributed by atoms with Gasteiger partial charge in [0, 0.05) is 12.6 Å². The SMILES string of the molecule is CCCN1CCC(NC2CC(=O)N(CCC)C2=O)CC1. The van der Waals surface area contributed by atoms with Crippen LogP contribution in [0.2, 0.25) is 0 Å². The highest BCUT2D eigenvalue weighted by Crippen LogP contribution is 2.17. The van der Waals surface area contributed by atoms with Gasteiger partial charge in [0.2, 0.25) is 11.8 Å². The predicted octanol–water partition coefficient (Wildman–Crippen LogP) is 0.988. The fourth-order valence-electron chi connectivity index (χ4n) is 3.20. The lowest BCUT2D eigenvalue weighted by Gasteiger charge is -2.33. The molecule has 5 nitrogen and oxygen atoms in total. The number of likely N-dealkylation sites (tertiary alicyclic amines) is 2. The van der Waals surface area contributed by atoms with Crippen LogP contribution in [0.15, 0.2) is 0 Å². The first kappa shape index (κ1) is 15.4. The second kappa shape index (κ2) is 7.18. The molecule has 0 radical (unpaired) electrons. The van der Waals surface area contributed by atoms with Crippen LogP contribution in [-0.2, 0) is 9.59 Å². The molecule has 1 atom stereocenters. The van der Waals surface area contributed by atoms with E-state index in [-0.39, 0.29) is 17.9 Å². The monoisotopic (exact) mass is 281 g/mol. The zero-order chi connectivity index (χ0) is 14.5. The summed E-state index contributed by atoms with van der Waals surface area (Å²) in [6.45, 7) is 8.11. The Balaban J connectivity index is 1.80. The van der Waals surface area contributed by atoms with Crippen molar-refractivity contribution < 1.29 is 9.59 Å². The smallest absolute Gasteiger partial charge is 0.246 e. The molecule has 2 amide bonds. The molecular weight excluding hydrogens is 254 g/mol. The summed E-state index contributed by atoms with van der Waals surface area (Å²) in [6.07, 6.45) is 4.52. The largest absolute Gasteiger partial charge is 0.303 e. The molecular formula is C15H27N3O2. The number of amides is 2. The molecule has 0 spiro atoms. The number of hydrogen-bond acceptors (Lipinski definition) is 4. The summed E-state index contributed by atoms with van der Waals surface area (Å²) in [5.74, 6) is -0.0365. The number of nitrogens with one attached hydrogen (secondary N) is 1. The highest BCUT2D eigenvalue weighted by molar-refractivity contribution is 6.05.